The average molecular weight is 524 g/mol. The maximum absolute atomic E-state index is 14.1. The van der Waals surface area contributed by atoms with Crippen LogP contribution in [0.1, 0.15) is 42.0 Å². The zero-order chi connectivity index (χ0) is 25.1. The van der Waals surface area contributed by atoms with Gasteiger partial charge in [0.15, 0.2) is 4.34 Å². The van der Waals surface area contributed by atoms with E-state index in [1.54, 1.807) is 30.4 Å². The summed E-state index contributed by atoms with van der Waals surface area (Å²) in [4.78, 5) is 18.4. The summed E-state index contributed by atoms with van der Waals surface area (Å²) in [5.74, 6) is -0.303. The number of ketones is 1. The van der Waals surface area contributed by atoms with Gasteiger partial charge in [-0.15, -0.1) is 11.3 Å². The second kappa shape index (κ2) is 8.76. The summed E-state index contributed by atoms with van der Waals surface area (Å²) in [7, 11) is -3.93. The van der Waals surface area contributed by atoms with Crippen LogP contribution in [0.15, 0.2) is 67.6 Å². The van der Waals surface area contributed by atoms with Gasteiger partial charge in [0.2, 0.25) is 9.84 Å². The van der Waals surface area contributed by atoms with Crippen molar-refractivity contribution in [2.45, 2.75) is 65.7 Å². The van der Waals surface area contributed by atoms with Crippen molar-refractivity contribution in [2.24, 2.45) is 0 Å². The molecular weight excluding hydrogens is 499 g/mol. The molecule has 1 aliphatic rings. The largest absolute Gasteiger partial charge is 0.489 e. The molecule has 180 valence electrons. The second-order valence-electron chi connectivity index (χ2n) is 9.00. The van der Waals surface area contributed by atoms with Crippen molar-refractivity contribution < 1.29 is 17.9 Å². The van der Waals surface area contributed by atoms with Crippen molar-refractivity contribution >= 4 is 48.9 Å². The molecule has 1 aromatic heterocycles. The van der Waals surface area contributed by atoms with E-state index < -0.39 is 21.9 Å². The SMILES string of the molecule is CC(=O)C1c2c(cc(Sc3nc4ccccc4s3)cc2S(=O)(=O)c2cc(C)c(C)cc2C)OC1C. The molecule has 35 heavy (non-hydrogen) atoms. The van der Waals surface area contributed by atoms with Gasteiger partial charge in [-0.2, -0.15) is 0 Å². The Morgan fingerprint density at radius 3 is 2.43 bits per heavy atom. The number of hydrogen-bond donors (Lipinski definition) is 0. The Morgan fingerprint density at radius 1 is 1.00 bits per heavy atom. The molecule has 0 aliphatic carbocycles. The first-order valence-electron chi connectivity index (χ1n) is 11.3. The summed E-state index contributed by atoms with van der Waals surface area (Å²) in [5, 5.41) is 0. The van der Waals surface area contributed by atoms with Crippen LogP contribution in [-0.4, -0.2) is 25.3 Å². The average Bonchev–Trinajstić information content (AvgIpc) is 3.34. The summed E-state index contributed by atoms with van der Waals surface area (Å²) in [6.07, 6.45) is -0.444. The standard InChI is InChI=1S/C27H25NO4S3/c1-14-10-16(3)23(11-15(14)2)35(30,31)24-13-19(12-21-26(24)25(17(4)29)18(5)32-21)33-27-28-20-8-6-7-9-22(20)34-27/h6-13,18,25H,1-5H3. The van der Waals surface area contributed by atoms with E-state index in [9.17, 15) is 13.2 Å². The molecule has 3 aromatic carbocycles. The number of hydrogen-bond acceptors (Lipinski definition) is 7. The number of carbonyl (C=O) groups is 1. The predicted octanol–water partition coefficient (Wildman–Crippen LogP) is 6.66. The number of rotatable bonds is 5. The van der Waals surface area contributed by atoms with Crippen LogP contribution in [0.5, 0.6) is 5.75 Å². The summed E-state index contributed by atoms with van der Waals surface area (Å²) < 4.78 is 36.1. The summed E-state index contributed by atoms with van der Waals surface area (Å²) in [6, 6.07) is 15.0. The molecule has 0 amide bonds. The third-order valence-corrected chi connectivity index (χ3v) is 10.5. The third-order valence-electron chi connectivity index (χ3n) is 6.46. The van der Waals surface area contributed by atoms with Crippen LogP contribution in [0, 0.1) is 20.8 Å². The lowest BCUT2D eigenvalue weighted by molar-refractivity contribution is -0.119. The zero-order valence-electron chi connectivity index (χ0n) is 20.1. The maximum atomic E-state index is 14.1. The van der Waals surface area contributed by atoms with Gasteiger partial charge < -0.3 is 4.74 Å². The van der Waals surface area contributed by atoms with Gasteiger partial charge in [-0.25, -0.2) is 13.4 Å². The van der Waals surface area contributed by atoms with Gasteiger partial charge in [0, 0.05) is 10.5 Å². The molecule has 0 bridgehead atoms. The van der Waals surface area contributed by atoms with E-state index in [1.165, 1.54) is 18.7 Å². The molecule has 0 radical (unpaired) electrons. The first kappa shape index (κ1) is 24.0. The van der Waals surface area contributed by atoms with Gasteiger partial charge >= 0.3 is 0 Å². The normalized spacial score (nSPS) is 17.4. The van der Waals surface area contributed by atoms with E-state index in [2.05, 4.69) is 4.98 Å². The highest BCUT2D eigenvalue weighted by atomic mass is 32.2. The molecule has 1 aliphatic heterocycles. The number of nitrogens with zero attached hydrogens (tertiary/aromatic N) is 1. The minimum atomic E-state index is -3.93. The van der Waals surface area contributed by atoms with Crippen molar-refractivity contribution in [3.63, 3.8) is 0 Å². The monoisotopic (exact) mass is 523 g/mol. The van der Waals surface area contributed by atoms with E-state index >= 15 is 0 Å². The maximum Gasteiger partial charge on any atom is 0.207 e. The number of benzene rings is 3. The Bertz CT molecular complexity index is 1570. The lowest BCUT2D eigenvalue weighted by Crippen LogP contribution is -2.21. The minimum absolute atomic E-state index is 0.115. The minimum Gasteiger partial charge on any atom is -0.489 e. The first-order valence-corrected chi connectivity index (χ1v) is 14.4. The fourth-order valence-electron chi connectivity index (χ4n) is 4.64. The Morgan fingerprint density at radius 2 is 1.71 bits per heavy atom. The van der Waals surface area contributed by atoms with Crippen LogP contribution < -0.4 is 4.74 Å². The Hall–Kier alpha value is -2.68. The second-order valence-corrected chi connectivity index (χ2v) is 13.2. The van der Waals surface area contributed by atoms with Gasteiger partial charge in [-0.3, -0.25) is 4.79 Å². The van der Waals surface area contributed by atoms with Crippen LogP contribution in [0.3, 0.4) is 0 Å². The molecular formula is C27H25NO4S3. The topological polar surface area (TPSA) is 73.3 Å². The molecule has 5 nitrogen and oxygen atoms in total. The Labute approximate surface area is 213 Å². The molecule has 5 rings (SSSR count). The van der Waals surface area contributed by atoms with Crippen LogP contribution in [0.25, 0.3) is 10.2 Å². The fourth-order valence-corrected chi connectivity index (χ4v) is 8.67. The number of thiazole rings is 1. The lowest BCUT2D eigenvalue weighted by atomic mass is 9.93. The summed E-state index contributed by atoms with van der Waals surface area (Å²) >= 11 is 2.96. The van der Waals surface area contributed by atoms with Crippen LogP contribution in [0.2, 0.25) is 0 Å². The smallest absolute Gasteiger partial charge is 0.207 e. The molecule has 0 saturated carbocycles. The van der Waals surface area contributed by atoms with Crippen molar-refractivity contribution in [1.29, 1.82) is 0 Å². The highest BCUT2D eigenvalue weighted by molar-refractivity contribution is 8.01. The highest BCUT2D eigenvalue weighted by Crippen LogP contribution is 2.48. The van der Waals surface area contributed by atoms with Crippen LogP contribution in [-0.2, 0) is 14.6 Å². The molecule has 8 heteroatoms. The lowest BCUT2D eigenvalue weighted by Gasteiger charge is -2.17. The van der Waals surface area contributed by atoms with Crippen molar-refractivity contribution in [3.8, 4) is 5.75 Å². The van der Waals surface area contributed by atoms with Crippen LogP contribution in [0.4, 0.5) is 0 Å². The number of aryl methyl sites for hydroxylation is 3. The molecule has 0 N–H and O–H groups in total. The summed E-state index contributed by atoms with van der Waals surface area (Å²) in [5.41, 5.74) is 3.97. The van der Waals surface area contributed by atoms with Crippen molar-refractivity contribution in [1.82, 2.24) is 4.98 Å². The van der Waals surface area contributed by atoms with E-state index in [1.807, 2.05) is 57.2 Å². The number of ether oxygens (including phenoxy) is 1. The van der Waals surface area contributed by atoms with Crippen molar-refractivity contribution in [3.05, 3.63) is 70.8 Å². The Balaban J connectivity index is 1.70. The van der Waals surface area contributed by atoms with E-state index in [4.69, 9.17) is 4.74 Å². The number of Topliss-reactive ketones (excluding diaryl/α,β-unsaturated/α-hetero) is 1. The third kappa shape index (κ3) is 4.17. The number of aromatic nitrogens is 1. The van der Waals surface area contributed by atoms with E-state index in [-0.39, 0.29) is 15.6 Å². The number of fused-ring (bicyclic) bond motifs is 2. The molecule has 4 aromatic rings. The van der Waals surface area contributed by atoms with E-state index in [0.717, 1.165) is 25.7 Å². The van der Waals surface area contributed by atoms with Crippen LogP contribution >= 0.6 is 23.1 Å². The van der Waals surface area contributed by atoms with Gasteiger partial charge in [0.25, 0.3) is 0 Å². The van der Waals surface area contributed by atoms with Gasteiger partial charge in [0.1, 0.15) is 17.6 Å². The first-order chi connectivity index (χ1) is 16.6. The molecule has 2 unspecified atom stereocenters. The zero-order valence-corrected chi connectivity index (χ0v) is 22.5. The summed E-state index contributed by atoms with van der Waals surface area (Å²) in [6.45, 7) is 8.97. The van der Waals surface area contributed by atoms with Gasteiger partial charge in [-0.1, -0.05) is 30.0 Å². The molecule has 2 atom stereocenters. The quantitative estimate of drug-likeness (QED) is 0.291. The van der Waals surface area contributed by atoms with Crippen molar-refractivity contribution in [2.75, 3.05) is 0 Å². The number of sulfone groups is 1. The predicted molar refractivity (Wildman–Crippen MR) is 140 cm³/mol. The number of carbonyl (C=O) groups excluding carboxylic acids is 1. The van der Waals surface area contributed by atoms with Gasteiger partial charge in [0.05, 0.1) is 25.9 Å². The fraction of sp³-hybridized carbons (Fsp3) is 0.259. The molecule has 0 spiro atoms. The van der Waals surface area contributed by atoms with Gasteiger partial charge in [-0.05, 0) is 81.6 Å². The molecule has 0 fully saturated rings. The Kier molecular flexibility index (Phi) is 6.02. The molecule has 0 saturated heterocycles. The van der Waals surface area contributed by atoms with E-state index in [0.29, 0.717) is 21.8 Å². The number of para-hydroxylation sites is 1. The molecule has 2 heterocycles. The highest BCUT2D eigenvalue weighted by Gasteiger charge is 2.41.